The van der Waals surface area contributed by atoms with Crippen molar-refractivity contribution in [3.8, 4) is 5.69 Å². The van der Waals surface area contributed by atoms with Crippen molar-refractivity contribution in [2.75, 3.05) is 5.73 Å². The second kappa shape index (κ2) is 4.72. The minimum Gasteiger partial charge on any atom is -0.384 e. The highest BCUT2D eigenvalue weighted by Gasteiger charge is 2.15. The molecule has 0 unspecified atom stereocenters. The highest BCUT2D eigenvalue weighted by molar-refractivity contribution is 5.46. The number of nitrogens with two attached hydrogens (primary N) is 1. The number of aryl methyl sites for hydroxylation is 2. The lowest BCUT2D eigenvalue weighted by molar-refractivity contribution is 0.405. The lowest BCUT2D eigenvalue weighted by Crippen LogP contribution is -2.10. The summed E-state index contributed by atoms with van der Waals surface area (Å²) in [6, 6.07) is 8.34. The van der Waals surface area contributed by atoms with Crippen molar-refractivity contribution in [3.63, 3.8) is 0 Å². The molecule has 19 heavy (non-hydrogen) atoms. The van der Waals surface area contributed by atoms with Crippen molar-refractivity contribution in [2.45, 2.75) is 41.0 Å². The maximum atomic E-state index is 6.09. The van der Waals surface area contributed by atoms with E-state index < -0.39 is 0 Å². The van der Waals surface area contributed by atoms with Gasteiger partial charge in [0.15, 0.2) is 0 Å². The molecule has 2 aromatic rings. The van der Waals surface area contributed by atoms with Gasteiger partial charge in [0.05, 0.1) is 11.4 Å². The van der Waals surface area contributed by atoms with Gasteiger partial charge in [0.25, 0.3) is 0 Å². The van der Waals surface area contributed by atoms with E-state index in [0.717, 1.165) is 17.8 Å². The van der Waals surface area contributed by atoms with Crippen LogP contribution in [0.25, 0.3) is 5.69 Å². The van der Waals surface area contributed by atoms with Crippen molar-refractivity contribution in [2.24, 2.45) is 5.41 Å². The van der Waals surface area contributed by atoms with Gasteiger partial charge in [-0.3, -0.25) is 0 Å². The summed E-state index contributed by atoms with van der Waals surface area (Å²) in [5.41, 5.74) is 10.8. The summed E-state index contributed by atoms with van der Waals surface area (Å²) in [4.78, 5) is 0. The Labute approximate surface area is 115 Å². The zero-order valence-electron chi connectivity index (χ0n) is 12.5. The van der Waals surface area contributed by atoms with Crippen molar-refractivity contribution < 1.29 is 0 Å². The van der Waals surface area contributed by atoms with Crippen molar-refractivity contribution >= 4 is 5.82 Å². The fourth-order valence-electron chi connectivity index (χ4n) is 2.36. The zero-order chi connectivity index (χ0) is 14.2. The van der Waals surface area contributed by atoms with Crippen LogP contribution in [-0.2, 0) is 6.42 Å². The molecule has 0 saturated heterocycles. The second-order valence-electron chi connectivity index (χ2n) is 6.56. The molecular weight excluding hydrogens is 234 g/mol. The van der Waals surface area contributed by atoms with Crippen LogP contribution in [0, 0.1) is 19.3 Å². The third kappa shape index (κ3) is 3.37. The van der Waals surface area contributed by atoms with Gasteiger partial charge in [-0.1, -0.05) is 26.8 Å². The van der Waals surface area contributed by atoms with Crippen LogP contribution >= 0.6 is 0 Å². The van der Waals surface area contributed by atoms with E-state index in [9.17, 15) is 0 Å². The summed E-state index contributed by atoms with van der Waals surface area (Å²) in [5.74, 6) is 0.698. The van der Waals surface area contributed by atoms with Gasteiger partial charge in [-0.25, -0.2) is 4.68 Å². The number of hydrogen-bond acceptors (Lipinski definition) is 2. The van der Waals surface area contributed by atoms with E-state index >= 15 is 0 Å². The molecule has 0 fully saturated rings. The summed E-state index contributed by atoms with van der Waals surface area (Å²) in [6.45, 7) is 10.8. The Kier molecular flexibility index (Phi) is 3.40. The first-order valence-electron chi connectivity index (χ1n) is 6.68. The molecule has 0 radical (unpaired) electrons. The van der Waals surface area contributed by atoms with E-state index in [1.54, 1.807) is 0 Å². The Morgan fingerprint density at radius 3 is 2.16 bits per heavy atom. The largest absolute Gasteiger partial charge is 0.384 e. The van der Waals surface area contributed by atoms with Gasteiger partial charge in [-0.05, 0) is 48.9 Å². The van der Waals surface area contributed by atoms with E-state index in [2.05, 4.69) is 57.9 Å². The molecule has 0 amide bonds. The summed E-state index contributed by atoms with van der Waals surface area (Å²) in [6.07, 6.45) is 0.926. The Bertz CT molecular complexity index is 568. The van der Waals surface area contributed by atoms with Crippen molar-refractivity contribution in [1.29, 1.82) is 0 Å². The molecule has 0 aliphatic carbocycles. The Hall–Kier alpha value is -1.77. The number of benzene rings is 1. The summed E-state index contributed by atoms with van der Waals surface area (Å²) < 4.78 is 1.83. The molecule has 3 heteroatoms. The predicted octanol–water partition coefficient (Wildman–Crippen LogP) is 3.66. The lowest BCUT2D eigenvalue weighted by atomic mass is 9.91. The van der Waals surface area contributed by atoms with E-state index in [4.69, 9.17) is 5.73 Å². The molecule has 2 rings (SSSR count). The summed E-state index contributed by atoms with van der Waals surface area (Å²) >= 11 is 0. The first-order chi connectivity index (χ1) is 8.74. The maximum Gasteiger partial charge on any atom is 0.127 e. The Morgan fingerprint density at radius 1 is 1.05 bits per heavy atom. The van der Waals surface area contributed by atoms with E-state index in [1.807, 2.05) is 10.7 Å². The lowest BCUT2D eigenvalue weighted by Gasteiger charge is -2.15. The normalized spacial score (nSPS) is 11.8. The van der Waals surface area contributed by atoms with Crippen molar-refractivity contribution in [1.82, 2.24) is 9.78 Å². The number of nitrogen functional groups attached to an aromatic ring is 1. The molecule has 0 spiro atoms. The minimum absolute atomic E-state index is 0.216. The maximum absolute atomic E-state index is 6.09. The SMILES string of the molecule is Cc1cc(C)cc(-n2nc(CC(C)(C)C)cc2N)c1. The van der Waals surface area contributed by atoms with E-state index in [1.165, 1.54) is 11.1 Å². The Morgan fingerprint density at radius 2 is 1.63 bits per heavy atom. The quantitative estimate of drug-likeness (QED) is 0.892. The van der Waals surface area contributed by atoms with Crippen LogP contribution in [0.4, 0.5) is 5.82 Å². The van der Waals surface area contributed by atoms with Crippen LogP contribution < -0.4 is 5.73 Å². The van der Waals surface area contributed by atoms with Gasteiger partial charge in [0.2, 0.25) is 0 Å². The van der Waals surface area contributed by atoms with Gasteiger partial charge in [0.1, 0.15) is 5.82 Å². The van der Waals surface area contributed by atoms with Crippen LogP contribution in [0.3, 0.4) is 0 Å². The first-order valence-corrected chi connectivity index (χ1v) is 6.68. The van der Waals surface area contributed by atoms with Gasteiger partial charge in [-0.15, -0.1) is 0 Å². The van der Waals surface area contributed by atoms with Gasteiger partial charge < -0.3 is 5.73 Å². The average Bonchev–Trinajstić information content (AvgIpc) is 2.54. The molecule has 0 saturated carbocycles. The van der Waals surface area contributed by atoms with Crippen LogP contribution in [0.15, 0.2) is 24.3 Å². The number of nitrogens with zero attached hydrogens (tertiary/aromatic N) is 2. The van der Waals surface area contributed by atoms with Crippen LogP contribution in [-0.4, -0.2) is 9.78 Å². The monoisotopic (exact) mass is 257 g/mol. The summed E-state index contributed by atoms with van der Waals surface area (Å²) in [5, 5.41) is 4.64. The van der Waals surface area contributed by atoms with Gasteiger partial charge in [-0.2, -0.15) is 5.10 Å². The minimum atomic E-state index is 0.216. The predicted molar refractivity (Wildman–Crippen MR) is 80.6 cm³/mol. The van der Waals surface area contributed by atoms with Gasteiger partial charge >= 0.3 is 0 Å². The topological polar surface area (TPSA) is 43.8 Å². The molecule has 0 aliphatic heterocycles. The van der Waals surface area contributed by atoms with Crippen LogP contribution in [0.2, 0.25) is 0 Å². The molecule has 0 bridgehead atoms. The zero-order valence-corrected chi connectivity index (χ0v) is 12.5. The number of aromatic nitrogens is 2. The molecule has 102 valence electrons. The van der Waals surface area contributed by atoms with E-state index in [-0.39, 0.29) is 5.41 Å². The number of anilines is 1. The molecule has 0 atom stereocenters. The third-order valence-corrected chi connectivity index (χ3v) is 2.95. The highest BCUT2D eigenvalue weighted by Crippen LogP contribution is 2.23. The third-order valence-electron chi connectivity index (χ3n) is 2.95. The smallest absolute Gasteiger partial charge is 0.127 e. The molecule has 1 heterocycles. The number of hydrogen-bond donors (Lipinski definition) is 1. The molecule has 1 aromatic carbocycles. The first kappa shape index (κ1) is 13.7. The fourth-order valence-corrected chi connectivity index (χ4v) is 2.36. The van der Waals surface area contributed by atoms with Crippen LogP contribution in [0.5, 0.6) is 0 Å². The molecule has 0 aliphatic rings. The average molecular weight is 257 g/mol. The molecule has 3 nitrogen and oxygen atoms in total. The Balaban J connectivity index is 2.40. The second-order valence-corrected chi connectivity index (χ2v) is 6.56. The number of rotatable bonds is 2. The van der Waals surface area contributed by atoms with Crippen molar-refractivity contribution in [3.05, 3.63) is 41.1 Å². The fraction of sp³-hybridized carbons (Fsp3) is 0.438. The van der Waals surface area contributed by atoms with Gasteiger partial charge in [0, 0.05) is 6.07 Å². The highest BCUT2D eigenvalue weighted by atomic mass is 15.3. The van der Waals surface area contributed by atoms with Crippen LogP contribution in [0.1, 0.15) is 37.6 Å². The van der Waals surface area contributed by atoms with E-state index in [0.29, 0.717) is 5.82 Å². The molecular formula is C16H23N3. The standard InChI is InChI=1S/C16H23N3/c1-11-6-12(2)8-14(7-11)19-15(17)9-13(18-19)10-16(3,4)5/h6-9H,10,17H2,1-5H3. The summed E-state index contributed by atoms with van der Waals surface area (Å²) in [7, 11) is 0. The molecule has 1 aromatic heterocycles. The molecule has 2 N–H and O–H groups in total.